The Hall–Kier alpha value is -0.970. The lowest BCUT2D eigenvalue weighted by Gasteiger charge is -2.08. The van der Waals surface area contributed by atoms with Crippen LogP contribution in [0.3, 0.4) is 0 Å². The minimum atomic E-state index is -0.969. The number of carboxylic acids is 1. The first-order valence-electron chi connectivity index (χ1n) is 4.94. The van der Waals surface area contributed by atoms with Crippen LogP contribution in [-0.2, 0) is 11.2 Å². The fourth-order valence-corrected chi connectivity index (χ4v) is 1.35. The molecular formula is C11H18Cl2N2O2. The molecule has 0 aliphatic heterocycles. The van der Waals surface area contributed by atoms with Crippen molar-refractivity contribution in [2.75, 3.05) is 11.9 Å². The molecule has 4 N–H and O–H groups in total. The van der Waals surface area contributed by atoms with Gasteiger partial charge < -0.3 is 16.2 Å². The van der Waals surface area contributed by atoms with E-state index in [2.05, 4.69) is 5.32 Å². The van der Waals surface area contributed by atoms with Crippen molar-refractivity contribution in [1.82, 2.24) is 0 Å². The molecule has 0 unspecified atom stereocenters. The fraction of sp³-hybridized carbons (Fsp3) is 0.364. The highest BCUT2D eigenvalue weighted by Gasteiger charge is 2.11. The summed E-state index contributed by atoms with van der Waals surface area (Å²) in [7, 11) is 0. The molecule has 1 rings (SSSR count). The Balaban J connectivity index is 0. The molecule has 98 valence electrons. The Labute approximate surface area is 113 Å². The molecule has 0 aliphatic rings. The van der Waals surface area contributed by atoms with Gasteiger partial charge in [-0.1, -0.05) is 12.1 Å². The molecule has 6 heteroatoms. The molecule has 1 aromatic carbocycles. The van der Waals surface area contributed by atoms with E-state index in [9.17, 15) is 4.79 Å². The Kier molecular flexibility index (Phi) is 9.85. The van der Waals surface area contributed by atoms with Crippen molar-refractivity contribution in [1.29, 1.82) is 0 Å². The first kappa shape index (κ1) is 18.4. The summed E-state index contributed by atoms with van der Waals surface area (Å²) in [5.41, 5.74) is 7.38. The van der Waals surface area contributed by atoms with Gasteiger partial charge in [-0.3, -0.25) is 4.79 Å². The zero-order valence-electron chi connectivity index (χ0n) is 9.55. The number of rotatable bonds is 5. The van der Waals surface area contributed by atoms with Crippen molar-refractivity contribution >= 4 is 36.5 Å². The Morgan fingerprint density at radius 1 is 1.47 bits per heavy atom. The Bertz CT molecular complexity index is 348. The lowest BCUT2D eigenvalue weighted by molar-refractivity contribution is -0.138. The van der Waals surface area contributed by atoms with E-state index in [-0.39, 0.29) is 24.8 Å². The summed E-state index contributed by atoms with van der Waals surface area (Å²) in [6.45, 7) is 2.85. The van der Waals surface area contributed by atoms with E-state index < -0.39 is 12.0 Å². The molecule has 4 nitrogen and oxygen atoms in total. The Morgan fingerprint density at radius 3 is 2.65 bits per heavy atom. The van der Waals surface area contributed by atoms with Gasteiger partial charge in [-0.25, -0.2) is 0 Å². The van der Waals surface area contributed by atoms with E-state index in [1.165, 1.54) is 0 Å². The molecule has 0 amide bonds. The predicted molar refractivity (Wildman–Crippen MR) is 74.4 cm³/mol. The van der Waals surface area contributed by atoms with Gasteiger partial charge in [-0.2, -0.15) is 0 Å². The molecule has 0 fully saturated rings. The number of anilines is 1. The predicted octanol–water partition coefficient (Wildman–Crippen LogP) is 1.92. The van der Waals surface area contributed by atoms with E-state index in [0.29, 0.717) is 6.42 Å². The van der Waals surface area contributed by atoms with Crippen molar-refractivity contribution in [3.63, 3.8) is 0 Å². The van der Waals surface area contributed by atoms with E-state index >= 15 is 0 Å². The van der Waals surface area contributed by atoms with E-state index in [4.69, 9.17) is 10.8 Å². The number of carbonyl (C=O) groups is 1. The van der Waals surface area contributed by atoms with E-state index in [0.717, 1.165) is 17.8 Å². The van der Waals surface area contributed by atoms with Crippen molar-refractivity contribution in [2.24, 2.45) is 5.73 Å². The molecule has 0 saturated carbocycles. The van der Waals surface area contributed by atoms with Crippen LogP contribution in [0.4, 0.5) is 5.69 Å². The maximum absolute atomic E-state index is 10.6. The third-order valence-corrected chi connectivity index (χ3v) is 2.08. The minimum Gasteiger partial charge on any atom is -0.480 e. The summed E-state index contributed by atoms with van der Waals surface area (Å²) < 4.78 is 0. The van der Waals surface area contributed by atoms with Crippen LogP contribution in [0.15, 0.2) is 24.3 Å². The maximum atomic E-state index is 10.6. The lowest BCUT2D eigenvalue weighted by atomic mass is 10.1. The first-order chi connectivity index (χ1) is 7.13. The average molecular weight is 281 g/mol. The second kappa shape index (κ2) is 9.10. The molecule has 0 saturated heterocycles. The second-order valence-electron chi connectivity index (χ2n) is 3.38. The smallest absolute Gasteiger partial charge is 0.320 e. The summed E-state index contributed by atoms with van der Waals surface area (Å²) in [5.74, 6) is -0.969. The Morgan fingerprint density at radius 2 is 2.12 bits per heavy atom. The summed E-state index contributed by atoms with van der Waals surface area (Å²) in [5, 5.41) is 11.8. The maximum Gasteiger partial charge on any atom is 0.320 e. The number of nitrogens with one attached hydrogen (secondary N) is 1. The molecule has 1 atom stereocenters. The SMILES string of the molecule is CCNc1cccc(C[C@@H](N)C(=O)O)c1.Cl.Cl. The minimum absolute atomic E-state index is 0. The van der Waals surface area contributed by atoms with E-state index in [1.807, 2.05) is 31.2 Å². The fourth-order valence-electron chi connectivity index (χ4n) is 1.35. The van der Waals surface area contributed by atoms with Gasteiger partial charge in [0, 0.05) is 12.2 Å². The standard InChI is InChI=1S/C11H16N2O2.2ClH/c1-2-13-9-5-3-4-8(6-9)7-10(12)11(14)15;;/h3-6,10,13H,2,7,12H2,1H3,(H,14,15);2*1H/t10-;;/m1../s1. The molecule has 0 aliphatic carbocycles. The summed E-state index contributed by atoms with van der Waals surface area (Å²) in [6, 6.07) is 6.80. The average Bonchev–Trinajstić information content (AvgIpc) is 2.18. The molecule has 0 spiro atoms. The van der Waals surface area contributed by atoms with Crippen LogP contribution in [0.2, 0.25) is 0 Å². The van der Waals surface area contributed by atoms with Gasteiger partial charge in [0.05, 0.1) is 0 Å². The summed E-state index contributed by atoms with van der Waals surface area (Å²) >= 11 is 0. The van der Waals surface area contributed by atoms with Crippen LogP contribution in [0.25, 0.3) is 0 Å². The number of carboxylic acid groups (broad SMARTS) is 1. The molecule has 0 bridgehead atoms. The molecule has 1 aromatic rings. The molecule has 0 heterocycles. The topological polar surface area (TPSA) is 75.3 Å². The zero-order chi connectivity index (χ0) is 11.3. The number of hydrogen-bond donors (Lipinski definition) is 3. The van der Waals surface area contributed by atoms with Crippen molar-refractivity contribution in [3.05, 3.63) is 29.8 Å². The lowest BCUT2D eigenvalue weighted by Crippen LogP contribution is -2.32. The quantitative estimate of drug-likeness (QED) is 0.770. The van der Waals surface area contributed by atoms with Crippen molar-refractivity contribution in [3.8, 4) is 0 Å². The number of benzene rings is 1. The van der Waals surface area contributed by atoms with Gasteiger partial charge in [0.1, 0.15) is 6.04 Å². The third kappa shape index (κ3) is 6.36. The van der Waals surface area contributed by atoms with Gasteiger partial charge >= 0.3 is 5.97 Å². The van der Waals surface area contributed by atoms with Crippen LogP contribution in [-0.4, -0.2) is 23.7 Å². The van der Waals surface area contributed by atoms with E-state index in [1.54, 1.807) is 0 Å². The highest BCUT2D eigenvalue weighted by atomic mass is 35.5. The molecule has 0 aromatic heterocycles. The number of hydrogen-bond acceptors (Lipinski definition) is 3. The molecular weight excluding hydrogens is 263 g/mol. The molecule has 17 heavy (non-hydrogen) atoms. The number of nitrogens with two attached hydrogens (primary N) is 1. The highest BCUT2D eigenvalue weighted by Crippen LogP contribution is 2.11. The van der Waals surface area contributed by atoms with Gasteiger partial charge in [0.25, 0.3) is 0 Å². The number of halogens is 2. The first-order valence-corrected chi connectivity index (χ1v) is 4.94. The van der Waals surface area contributed by atoms with Crippen LogP contribution in [0.5, 0.6) is 0 Å². The monoisotopic (exact) mass is 280 g/mol. The second-order valence-corrected chi connectivity index (χ2v) is 3.38. The van der Waals surface area contributed by atoms with Crippen LogP contribution in [0, 0.1) is 0 Å². The van der Waals surface area contributed by atoms with Crippen molar-refractivity contribution < 1.29 is 9.90 Å². The zero-order valence-corrected chi connectivity index (χ0v) is 11.2. The summed E-state index contributed by atoms with van der Waals surface area (Å²) in [4.78, 5) is 10.6. The normalized spacial score (nSPS) is 10.7. The van der Waals surface area contributed by atoms with Crippen LogP contribution in [0.1, 0.15) is 12.5 Å². The number of aliphatic carboxylic acids is 1. The third-order valence-electron chi connectivity index (χ3n) is 2.08. The van der Waals surface area contributed by atoms with Gasteiger partial charge in [-0.05, 0) is 31.0 Å². The summed E-state index contributed by atoms with van der Waals surface area (Å²) in [6.07, 6.45) is 0.356. The van der Waals surface area contributed by atoms with Crippen LogP contribution >= 0.6 is 24.8 Å². The highest BCUT2D eigenvalue weighted by molar-refractivity contribution is 5.85. The van der Waals surface area contributed by atoms with Gasteiger partial charge in [0.15, 0.2) is 0 Å². The largest absolute Gasteiger partial charge is 0.480 e. The van der Waals surface area contributed by atoms with Gasteiger partial charge in [-0.15, -0.1) is 24.8 Å². The molecule has 0 radical (unpaired) electrons. The van der Waals surface area contributed by atoms with Crippen LogP contribution < -0.4 is 11.1 Å². The van der Waals surface area contributed by atoms with Crippen molar-refractivity contribution in [2.45, 2.75) is 19.4 Å². The van der Waals surface area contributed by atoms with Gasteiger partial charge in [0.2, 0.25) is 0 Å².